The molecule has 342 valence electrons. The van der Waals surface area contributed by atoms with Gasteiger partial charge in [-0.1, -0.05) is 194 Å². The summed E-state index contributed by atoms with van der Waals surface area (Å²) in [5.41, 5.74) is 0. The normalized spacial score (nSPS) is 13.2. The highest BCUT2D eigenvalue weighted by Crippen LogP contribution is 2.11. The van der Waals surface area contributed by atoms with Crippen molar-refractivity contribution in [1.82, 2.24) is 0 Å². The van der Waals surface area contributed by atoms with Crippen molar-refractivity contribution in [1.29, 1.82) is 0 Å². The maximum absolute atomic E-state index is 12.7. The van der Waals surface area contributed by atoms with Gasteiger partial charge < -0.3 is 14.2 Å². The van der Waals surface area contributed by atoms with E-state index < -0.39 is 6.10 Å². The molecule has 0 saturated heterocycles. The Labute approximate surface area is 373 Å². The van der Waals surface area contributed by atoms with Gasteiger partial charge >= 0.3 is 17.9 Å². The number of esters is 3. The third kappa shape index (κ3) is 46.7. The number of carbonyl (C=O) groups is 3. The van der Waals surface area contributed by atoms with Gasteiger partial charge in [0.15, 0.2) is 6.10 Å². The van der Waals surface area contributed by atoms with E-state index in [1.165, 1.54) is 51.4 Å². The summed E-state index contributed by atoms with van der Waals surface area (Å²) in [4.78, 5) is 37.8. The van der Waals surface area contributed by atoms with Gasteiger partial charge in [-0.15, -0.1) is 0 Å². The molecule has 1 atom stereocenters. The Bertz CT molecular complexity index is 1340. The van der Waals surface area contributed by atoms with Crippen LogP contribution in [0.3, 0.4) is 0 Å². The van der Waals surface area contributed by atoms with Gasteiger partial charge in [-0.3, -0.25) is 14.4 Å². The van der Waals surface area contributed by atoms with Crippen LogP contribution in [-0.4, -0.2) is 37.2 Å². The van der Waals surface area contributed by atoms with Gasteiger partial charge in [-0.25, -0.2) is 0 Å². The Hall–Kier alpha value is -4.19. The summed E-state index contributed by atoms with van der Waals surface area (Å²) in [6, 6.07) is 0. The van der Waals surface area contributed by atoms with Crippen LogP contribution in [0.5, 0.6) is 0 Å². The number of carbonyl (C=O) groups excluding carboxylic acids is 3. The van der Waals surface area contributed by atoms with Crippen molar-refractivity contribution < 1.29 is 28.6 Å². The van der Waals surface area contributed by atoms with E-state index in [-0.39, 0.29) is 44.0 Å². The molecule has 0 fully saturated rings. The molecule has 0 saturated carbocycles. The zero-order chi connectivity index (χ0) is 44.4. The molecule has 0 spiro atoms. The first-order chi connectivity index (χ1) is 30.0. The molecule has 0 N–H and O–H groups in total. The molecule has 0 amide bonds. The summed E-state index contributed by atoms with van der Waals surface area (Å²) >= 11 is 0. The Morgan fingerprint density at radius 1 is 0.361 bits per heavy atom. The number of ether oxygens (including phenoxy) is 3. The first-order valence-electron chi connectivity index (χ1n) is 24.1. The van der Waals surface area contributed by atoms with E-state index in [9.17, 15) is 14.4 Å². The van der Waals surface area contributed by atoms with Gasteiger partial charge in [0.05, 0.1) is 0 Å². The smallest absolute Gasteiger partial charge is 0.306 e. The van der Waals surface area contributed by atoms with Gasteiger partial charge in [0.2, 0.25) is 0 Å². The fourth-order valence-corrected chi connectivity index (χ4v) is 5.90. The molecule has 0 rings (SSSR count). The summed E-state index contributed by atoms with van der Waals surface area (Å²) in [6.45, 7) is 6.30. The summed E-state index contributed by atoms with van der Waals surface area (Å²) in [6.07, 6.45) is 66.1. The highest BCUT2D eigenvalue weighted by Gasteiger charge is 2.19. The minimum atomic E-state index is -0.827. The number of unbranched alkanes of at least 4 members (excludes halogenated alkanes) is 14. The lowest BCUT2D eigenvalue weighted by Gasteiger charge is -2.18. The van der Waals surface area contributed by atoms with Crippen LogP contribution < -0.4 is 0 Å². The molecule has 0 bridgehead atoms. The van der Waals surface area contributed by atoms with Gasteiger partial charge in [-0.2, -0.15) is 0 Å². The lowest BCUT2D eigenvalue weighted by Crippen LogP contribution is -2.30. The number of rotatable bonds is 41. The van der Waals surface area contributed by atoms with E-state index in [1.807, 2.05) is 48.6 Å². The van der Waals surface area contributed by atoms with Crippen LogP contribution in [0.1, 0.15) is 188 Å². The van der Waals surface area contributed by atoms with Crippen LogP contribution in [0.4, 0.5) is 0 Å². The van der Waals surface area contributed by atoms with Crippen LogP contribution in [0, 0.1) is 0 Å². The molecule has 6 nitrogen and oxygen atoms in total. The van der Waals surface area contributed by atoms with E-state index in [0.717, 1.165) is 83.5 Å². The second-order valence-corrected chi connectivity index (χ2v) is 15.4. The van der Waals surface area contributed by atoms with Crippen LogP contribution in [0.2, 0.25) is 0 Å². The highest BCUT2D eigenvalue weighted by molar-refractivity contribution is 5.71. The fraction of sp³-hybridized carbons (Fsp3) is 0.582. The molecule has 0 aliphatic heterocycles. The van der Waals surface area contributed by atoms with Crippen molar-refractivity contribution in [3.8, 4) is 0 Å². The van der Waals surface area contributed by atoms with Crippen LogP contribution >= 0.6 is 0 Å². The Morgan fingerprint density at radius 2 is 0.738 bits per heavy atom. The fourth-order valence-electron chi connectivity index (χ4n) is 5.90. The predicted octanol–water partition coefficient (Wildman–Crippen LogP) is 15.7. The molecule has 0 aromatic heterocycles. The first kappa shape index (κ1) is 56.8. The minimum absolute atomic E-state index is 0.121. The van der Waals surface area contributed by atoms with E-state index >= 15 is 0 Å². The van der Waals surface area contributed by atoms with E-state index in [4.69, 9.17) is 14.2 Å². The maximum Gasteiger partial charge on any atom is 0.306 e. The summed E-state index contributed by atoms with van der Waals surface area (Å²) < 4.78 is 16.6. The Morgan fingerprint density at radius 3 is 1.30 bits per heavy atom. The van der Waals surface area contributed by atoms with Crippen molar-refractivity contribution in [2.45, 2.75) is 194 Å². The summed E-state index contributed by atoms with van der Waals surface area (Å²) in [5, 5.41) is 0. The van der Waals surface area contributed by atoms with Gasteiger partial charge in [-0.05, 0) is 96.3 Å². The molecular formula is C55H86O6. The zero-order valence-corrected chi connectivity index (χ0v) is 38.9. The van der Waals surface area contributed by atoms with Crippen LogP contribution in [-0.2, 0) is 28.6 Å². The standard InChI is InChI=1S/C55H86O6/c1-4-7-10-13-16-19-22-24-26-27-29-30-33-36-39-42-45-48-54(57)60-51-52(50-59-53(56)47-44-41-38-35-32-21-18-15-12-9-6-3)61-55(58)49-46-43-40-37-34-31-28-25-23-20-17-14-11-8-5-2/h8,11,14-20,23-26,28-31,34,36,39,52H,4-7,9-10,12-13,21-22,27,32-33,35,37-38,40-51H2,1-3H3/b11-8-,17-14-,18-15-,19-16-,23-20-,26-24-,28-25-,30-29-,34-31-,39-36-. The number of hydrogen-bond donors (Lipinski definition) is 0. The second-order valence-electron chi connectivity index (χ2n) is 15.4. The largest absolute Gasteiger partial charge is 0.462 e. The molecule has 6 heteroatoms. The van der Waals surface area contributed by atoms with Crippen molar-refractivity contribution in [3.05, 3.63) is 122 Å². The molecule has 0 aromatic rings. The molecule has 0 heterocycles. The molecule has 61 heavy (non-hydrogen) atoms. The minimum Gasteiger partial charge on any atom is -0.462 e. The van der Waals surface area contributed by atoms with Crippen molar-refractivity contribution >= 4 is 17.9 Å². The summed E-state index contributed by atoms with van der Waals surface area (Å²) in [5.74, 6) is -1.04. The monoisotopic (exact) mass is 843 g/mol. The first-order valence-corrected chi connectivity index (χ1v) is 24.1. The van der Waals surface area contributed by atoms with Gasteiger partial charge in [0.1, 0.15) is 13.2 Å². The topological polar surface area (TPSA) is 78.9 Å². The zero-order valence-electron chi connectivity index (χ0n) is 38.9. The number of allylic oxidation sites excluding steroid dienone is 20. The molecule has 0 aliphatic rings. The maximum atomic E-state index is 12.7. The average molecular weight is 843 g/mol. The highest BCUT2D eigenvalue weighted by atomic mass is 16.6. The van der Waals surface area contributed by atoms with Crippen molar-refractivity contribution in [3.63, 3.8) is 0 Å². The summed E-state index contributed by atoms with van der Waals surface area (Å²) in [7, 11) is 0. The van der Waals surface area contributed by atoms with Gasteiger partial charge in [0.25, 0.3) is 0 Å². The molecule has 0 aliphatic carbocycles. The van der Waals surface area contributed by atoms with E-state index in [2.05, 4.69) is 93.7 Å². The quantitative estimate of drug-likeness (QED) is 0.0201. The SMILES string of the molecule is CC\C=C/C=C\C=C/C=C\C=C/CCCCCC(=O)OC(COC(=O)CCC/C=C\C/C=C\C/C=C\C/C=C\CCCCC)COC(=O)CCCCCCC/C=C\CCCC. The molecular weight excluding hydrogens is 757 g/mol. The predicted molar refractivity (Wildman–Crippen MR) is 260 cm³/mol. The molecule has 1 unspecified atom stereocenters. The van der Waals surface area contributed by atoms with Crippen LogP contribution in [0.15, 0.2) is 122 Å². The third-order valence-corrected chi connectivity index (χ3v) is 9.55. The van der Waals surface area contributed by atoms with Crippen molar-refractivity contribution in [2.24, 2.45) is 0 Å². The number of hydrogen-bond acceptors (Lipinski definition) is 6. The second kappa shape index (κ2) is 48.5. The Kier molecular flexibility index (Phi) is 45.1. The molecule has 0 aromatic carbocycles. The van der Waals surface area contributed by atoms with Gasteiger partial charge in [0, 0.05) is 19.3 Å². The van der Waals surface area contributed by atoms with E-state index in [1.54, 1.807) is 0 Å². The molecule has 0 radical (unpaired) electrons. The lowest BCUT2D eigenvalue weighted by atomic mass is 10.1. The average Bonchev–Trinajstić information content (AvgIpc) is 3.26. The van der Waals surface area contributed by atoms with Crippen LogP contribution in [0.25, 0.3) is 0 Å². The Balaban J connectivity index is 4.59. The van der Waals surface area contributed by atoms with Crippen molar-refractivity contribution in [2.75, 3.05) is 13.2 Å². The third-order valence-electron chi connectivity index (χ3n) is 9.55. The van der Waals surface area contributed by atoms with E-state index in [0.29, 0.717) is 19.3 Å². The lowest BCUT2D eigenvalue weighted by molar-refractivity contribution is -0.167.